The molecule has 0 saturated carbocycles. The van der Waals surface area contributed by atoms with Gasteiger partial charge in [-0.2, -0.15) is 18.3 Å². The number of hydrogen-bond donors (Lipinski definition) is 0. The topological polar surface area (TPSA) is 38.1 Å². The van der Waals surface area contributed by atoms with E-state index in [9.17, 15) is 18.0 Å². The van der Waals surface area contributed by atoms with Gasteiger partial charge in [0.25, 0.3) is 5.91 Å². The van der Waals surface area contributed by atoms with E-state index in [1.807, 2.05) is 6.07 Å². The average molecular weight is 442 g/mol. The molecule has 1 aromatic heterocycles. The van der Waals surface area contributed by atoms with E-state index in [2.05, 4.69) is 5.10 Å². The lowest BCUT2D eigenvalue weighted by Crippen LogP contribution is -2.30. The molecular weight excluding hydrogens is 426 g/mol. The molecule has 152 valence electrons. The van der Waals surface area contributed by atoms with Crippen molar-refractivity contribution in [3.05, 3.63) is 81.6 Å². The van der Waals surface area contributed by atoms with Crippen molar-refractivity contribution in [2.24, 2.45) is 0 Å². The van der Waals surface area contributed by atoms with Gasteiger partial charge in [0.1, 0.15) is 0 Å². The van der Waals surface area contributed by atoms with Gasteiger partial charge in [0.05, 0.1) is 17.4 Å². The minimum Gasteiger partial charge on any atom is -0.341 e. The van der Waals surface area contributed by atoms with Crippen LogP contribution in [0.25, 0.3) is 5.69 Å². The third kappa shape index (κ3) is 4.92. The van der Waals surface area contributed by atoms with Crippen molar-refractivity contribution in [2.45, 2.75) is 12.6 Å². The predicted molar refractivity (Wildman–Crippen MR) is 106 cm³/mol. The fourth-order valence-electron chi connectivity index (χ4n) is 2.85. The Bertz CT molecular complexity index is 1020. The highest BCUT2D eigenvalue weighted by molar-refractivity contribution is 6.30. The van der Waals surface area contributed by atoms with Crippen LogP contribution < -0.4 is 0 Å². The van der Waals surface area contributed by atoms with Crippen molar-refractivity contribution < 1.29 is 18.0 Å². The minimum absolute atomic E-state index is 0.155. The summed E-state index contributed by atoms with van der Waals surface area (Å²) >= 11 is 11.7. The Morgan fingerprint density at radius 3 is 2.41 bits per heavy atom. The second-order valence-electron chi connectivity index (χ2n) is 6.40. The summed E-state index contributed by atoms with van der Waals surface area (Å²) in [5, 5.41) is 4.74. The van der Waals surface area contributed by atoms with E-state index in [1.165, 1.54) is 36.2 Å². The molecule has 3 rings (SSSR count). The molecule has 0 atom stereocenters. The van der Waals surface area contributed by atoms with Crippen LogP contribution in [0.3, 0.4) is 0 Å². The van der Waals surface area contributed by atoms with Gasteiger partial charge in [0.2, 0.25) is 0 Å². The SMILES string of the molecule is CN(CCc1cccc(Cl)c1)C(=O)c1cnn(-c2ccc(Cl)cc2)c1C(F)(F)F. The number of hydrogen-bond acceptors (Lipinski definition) is 2. The van der Waals surface area contributed by atoms with Crippen LogP contribution in [0.2, 0.25) is 10.0 Å². The molecule has 0 spiro atoms. The van der Waals surface area contributed by atoms with Crippen LogP contribution in [-0.2, 0) is 12.6 Å². The van der Waals surface area contributed by atoms with Crippen LogP contribution in [-0.4, -0.2) is 34.2 Å². The Morgan fingerprint density at radius 2 is 1.79 bits per heavy atom. The predicted octanol–water partition coefficient (Wildman–Crippen LogP) is 5.51. The summed E-state index contributed by atoms with van der Waals surface area (Å²) in [5.74, 6) is -0.764. The summed E-state index contributed by atoms with van der Waals surface area (Å²) in [6.07, 6.45) is -3.37. The first kappa shape index (κ1) is 21.2. The molecule has 0 aliphatic rings. The lowest BCUT2D eigenvalue weighted by Gasteiger charge is -2.18. The fraction of sp³-hybridized carbons (Fsp3) is 0.200. The van der Waals surface area contributed by atoms with Crippen molar-refractivity contribution in [2.75, 3.05) is 13.6 Å². The molecule has 1 amide bonds. The quantitative estimate of drug-likeness (QED) is 0.523. The van der Waals surface area contributed by atoms with E-state index < -0.39 is 23.3 Å². The van der Waals surface area contributed by atoms with Crippen LogP contribution in [0.4, 0.5) is 13.2 Å². The van der Waals surface area contributed by atoms with E-state index >= 15 is 0 Å². The first-order valence-corrected chi connectivity index (χ1v) is 9.33. The Labute approximate surface area is 175 Å². The minimum atomic E-state index is -4.77. The highest BCUT2D eigenvalue weighted by Crippen LogP contribution is 2.34. The van der Waals surface area contributed by atoms with Crippen LogP contribution in [0.15, 0.2) is 54.7 Å². The second-order valence-corrected chi connectivity index (χ2v) is 7.27. The fourth-order valence-corrected chi connectivity index (χ4v) is 3.19. The van der Waals surface area contributed by atoms with E-state index in [0.29, 0.717) is 21.1 Å². The monoisotopic (exact) mass is 441 g/mol. The maximum Gasteiger partial charge on any atom is 0.434 e. The summed E-state index contributed by atoms with van der Waals surface area (Å²) in [6.45, 7) is 0.225. The largest absolute Gasteiger partial charge is 0.434 e. The van der Waals surface area contributed by atoms with Gasteiger partial charge >= 0.3 is 6.18 Å². The maximum atomic E-state index is 13.8. The number of amides is 1. The van der Waals surface area contributed by atoms with Gasteiger partial charge in [-0.3, -0.25) is 4.79 Å². The number of halogens is 5. The molecule has 0 aliphatic heterocycles. The highest BCUT2D eigenvalue weighted by atomic mass is 35.5. The normalized spacial score (nSPS) is 11.5. The van der Waals surface area contributed by atoms with Crippen LogP contribution in [0, 0.1) is 0 Å². The first-order valence-electron chi connectivity index (χ1n) is 8.58. The van der Waals surface area contributed by atoms with Gasteiger partial charge < -0.3 is 4.90 Å². The van der Waals surface area contributed by atoms with E-state index in [-0.39, 0.29) is 12.2 Å². The van der Waals surface area contributed by atoms with Crippen LogP contribution >= 0.6 is 23.2 Å². The standard InChI is InChI=1S/C20H16Cl2F3N3O/c1-27(10-9-13-3-2-4-15(22)11-13)19(29)17-12-26-28(18(17)20(23,24)25)16-7-5-14(21)6-8-16/h2-8,11-12H,9-10H2,1H3. The lowest BCUT2D eigenvalue weighted by molar-refractivity contribution is -0.143. The molecule has 0 aliphatic carbocycles. The Hall–Kier alpha value is -2.51. The van der Waals surface area contributed by atoms with Crippen molar-refractivity contribution in [3.63, 3.8) is 0 Å². The van der Waals surface area contributed by atoms with Gasteiger partial charge in [-0.25, -0.2) is 4.68 Å². The zero-order valence-electron chi connectivity index (χ0n) is 15.3. The molecule has 4 nitrogen and oxygen atoms in total. The molecule has 0 N–H and O–H groups in total. The third-order valence-corrected chi connectivity index (χ3v) is 4.80. The summed E-state index contributed by atoms with van der Waals surface area (Å²) in [7, 11) is 1.45. The molecule has 0 bridgehead atoms. The number of rotatable bonds is 5. The Morgan fingerprint density at radius 1 is 1.10 bits per heavy atom. The van der Waals surface area contributed by atoms with Gasteiger partial charge in [-0.15, -0.1) is 0 Å². The molecule has 9 heteroatoms. The third-order valence-electron chi connectivity index (χ3n) is 4.31. The molecule has 3 aromatic rings. The van der Waals surface area contributed by atoms with Gasteiger partial charge in [0, 0.05) is 23.6 Å². The van der Waals surface area contributed by atoms with Gasteiger partial charge in [0.15, 0.2) is 5.69 Å². The molecule has 0 fully saturated rings. The van der Waals surface area contributed by atoms with Crippen molar-refractivity contribution in [1.82, 2.24) is 14.7 Å². The number of carbonyl (C=O) groups excluding carboxylic acids is 1. The van der Waals surface area contributed by atoms with Crippen molar-refractivity contribution >= 4 is 29.1 Å². The van der Waals surface area contributed by atoms with E-state index in [4.69, 9.17) is 23.2 Å². The summed E-state index contributed by atoms with van der Waals surface area (Å²) in [4.78, 5) is 14.0. The summed E-state index contributed by atoms with van der Waals surface area (Å²) < 4.78 is 42.0. The second kappa shape index (κ2) is 8.47. The zero-order chi connectivity index (χ0) is 21.2. The van der Waals surface area contributed by atoms with Gasteiger partial charge in [-0.05, 0) is 48.4 Å². The molecule has 0 unspecified atom stereocenters. The van der Waals surface area contributed by atoms with Crippen molar-refractivity contribution in [1.29, 1.82) is 0 Å². The average Bonchev–Trinajstić information content (AvgIpc) is 3.11. The lowest BCUT2D eigenvalue weighted by atomic mass is 10.1. The van der Waals surface area contributed by atoms with Crippen LogP contribution in [0.5, 0.6) is 0 Å². The Balaban J connectivity index is 1.87. The molecule has 2 aromatic carbocycles. The summed E-state index contributed by atoms with van der Waals surface area (Å²) in [5.41, 5.74) is -0.604. The number of carbonyl (C=O) groups is 1. The number of benzene rings is 2. The Kier molecular flexibility index (Phi) is 6.19. The molecule has 29 heavy (non-hydrogen) atoms. The number of likely N-dealkylation sites (N-methyl/N-ethyl adjacent to an activating group) is 1. The molecule has 1 heterocycles. The highest BCUT2D eigenvalue weighted by Gasteiger charge is 2.41. The first-order chi connectivity index (χ1) is 13.7. The van der Waals surface area contributed by atoms with E-state index in [1.54, 1.807) is 18.2 Å². The summed E-state index contributed by atoms with van der Waals surface area (Å²) in [6, 6.07) is 12.8. The molecule has 0 saturated heterocycles. The number of aromatic nitrogens is 2. The molecule has 0 radical (unpaired) electrons. The zero-order valence-corrected chi connectivity index (χ0v) is 16.8. The van der Waals surface area contributed by atoms with Gasteiger partial charge in [-0.1, -0.05) is 35.3 Å². The molecular formula is C20H16Cl2F3N3O. The van der Waals surface area contributed by atoms with E-state index in [0.717, 1.165) is 11.8 Å². The smallest absolute Gasteiger partial charge is 0.341 e. The van der Waals surface area contributed by atoms with Crippen LogP contribution in [0.1, 0.15) is 21.6 Å². The number of alkyl halides is 3. The number of nitrogens with zero attached hydrogens (tertiary/aromatic N) is 3. The van der Waals surface area contributed by atoms with Crippen molar-refractivity contribution in [3.8, 4) is 5.69 Å². The maximum absolute atomic E-state index is 13.8.